The Labute approximate surface area is 179 Å². The first-order valence-electron chi connectivity index (χ1n) is 9.43. The normalized spacial score (nSPS) is 16.1. The number of hydrogen-bond donors (Lipinski definition) is 1. The summed E-state index contributed by atoms with van der Waals surface area (Å²) in [6.07, 6.45) is 1.78. The highest BCUT2D eigenvalue weighted by Crippen LogP contribution is 2.40. The van der Waals surface area contributed by atoms with Crippen molar-refractivity contribution in [2.75, 3.05) is 24.7 Å². The predicted octanol–water partition coefficient (Wildman–Crippen LogP) is 5.01. The highest BCUT2D eigenvalue weighted by atomic mass is 32.2. The third-order valence-corrected chi connectivity index (χ3v) is 7.23. The quantitative estimate of drug-likeness (QED) is 0.568. The van der Waals surface area contributed by atoms with Crippen molar-refractivity contribution in [3.8, 4) is 0 Å². The summed E-state index contributed by atoms with van der Waals surface area (Å²) in [5, 5.41) is 4.38. The largest absolute Gasteiger partial charge is 0.401 e. The Hall–Kier alpha value is -2.17. The summed E-state index contributed by atoms with van der Waals surface area (Å²) in [5.41, 5.74) is 4.31. The van der Waals surface area contributed by atoms with Gasteiger partial charge in [0.1, 0.15) is 17.0 Å². The van der Waals surface area contributed by atoms with E-state index in [0.29, 0.717) is 31.9 Å². The van der Waals surface area contributed by atoms with E-state index in [0.717, 1.165) is 36.8 Å². The third-order valence-electron chi connectivity index (χ3n) is 5.33. The van der Waals surface area contributed by atoms with Crippen molar-refractivity contribution in [3.05, 3.63) is 40.0 Å². The Balaban J connectivity index is 1.51. The molecule has 0 spiro atoms. The van der Waals surface area contributed by atoms with Crippen LogP contribution >= 0.6 is 23.1 Å². The lowest BCUT2D eigenvalue weighted by Crippen LogP contribution is -2.37. The second kappa shape index (κ2) is 7.51. The molecule has 10 heteroatoms. The van der Waals surface area contributed by atoms with Crippen molar-refractivity contribution in [1.82, 2.24) is 14.9 Å². The average molecular weight is 450 g/mol. The molecule has 4 heterocycles. The minimum Gasteiger partial charge on any atom is -0.339 e. The van der Waals surface area contributed by atoms with Crippen LogP contribution in [0.5, 0.6) is 0 Å². The van der Waals surface area contributed by atoms with Crippen molar-refractivity contribution in [2.24, 2.45) is 4.99 Å². The van der Waals surface area contributed by atoms with Gasteiger partial charge in [-0.3, -0.25) is 9.89 Å². The molecule has 0 radical (unpaired) electrons. The molecule has 5 nitrogen and oxygen atoms in total. The van der Waals surface area contributed by atoms with E-state index in [1.54, 1.807) is 11.8 Å². The molecule has 0 amide bonds. The molecule has 156 valence electrons. The highest BCUT2D eigenvalue weighted by Gasteiger charge is 2.33. The number of anilines is 2. The Morgan fingerprint density at radius 1 is 1.27 bits per heavy atom. The maximum absolute atomic E-state index is 12.8. The fourth-order valence-corrected chi connectivity index (χ4v) is 5.82. The number of aliphatic imine (C=N–C) groups is 1. The van der Waals surface area contributed by atoms with Gasteiger partial charge in [0.15, 0.2) is 0 Å². The molecular formula is C20H18F3N5S2. The van der Waals surface area contributed by atoms with Gasteiger partial charge in [-0.2, -0.15) is 13.2 Å². The van der Waals surface area contributed by atoms with E-state index < -0.39 is 12.7 Å². The lowest BCUT2D eigenvalue weighted by atomic mass is 10.0. The van der Waals surface area contributed by atoms with Crippen molar-refractivity contribution in [1.29, 1.82) is 0 Å². The van der Waals surface area contributed by atoms with Gasteiger partial charge in [0.2, 0.25) is 0 Å². The van der Waals surface area contributed by atoms with Crippen molar-refractivity contribution in [2.45, 2.75) is 30.6 Å². The highest BCUT2D eigenvalue weighted by molar-refractivity contribution is 7.98. The van der Waals surface area contributed by atoms with Crippen LogP contribution in [0.1, 0.15) is 21.6 Å². The van der Waals surface area contributed by atoms with Crippen molar-refractivity contribution >= 4 is 51.0 Å². The van der Waals surface area contributed by atoms with Crippen LogP contribution in [0.3, 0.4) is 0 Å². The molecule has 1 N–H and O–H groups in total. The van der Waals surface area contributed by atoms with Gasteiger partial charge in [-0.1, -0.05) is 0 Å². The van der Waals surface area contributed by atoms with Crippen LogP contribution in [0.25, 0.3) is 10.2 Å². The van der Waals surface area contributed by atoms with Gasteiger partial charge < -0.3 is 5.32 Å². The Bertz CT molecular complexity index is 1160. The summed E-state index contributed by atoms with van der Waals surface area (Å²) in [7, 11) is 0. The predicted molar refractivity (Wildman–Crippen MR) is 115 cm³/mol. The maximum atomic E-state index is 12.8. The van der Waals surface area contributed by atoms with Gasteiger partial charge >= 0.3 is 6.18 Å². The molecule has 2 aliphatic rings. The number of fused-ring (bicyclic) bond motifs is 4. The molecule has 30 heavy (non-hydrogen) atoms. The van der Waals surface area contributed by atoms with Gasteiger partial charge in [0.25, 0.3) is 0 Å². The number of rotatable bonds is 4. The van der Waals surface area contributed by atoms with Gasteiger partial charge in [0, 0.05) is 29.1 Å². The Kier molecular flexibility index (Phi) is 4.95. The molecule has 3 aromatic rings. The monoisotopic (exact) mass is 449 g/mol. The number of aromatic nitrogens is 2. The SMILES string of the molecule is CSc1cc2c(cc1Nc1ncnc3sc4c(c13)CCN(CC(F)(F)F)C4)C=NC2. The Morgan fingerprint density at radius 2 is 2.13 bits per heavy atom. The van der Waals surface area contributed by atoms with Gasteiger partial charge in [-0.25, -0.2) is 9.97 Å². The molecule has 2 aliphatic heterocycles. The first-order valence-corrected chi connectivity index (χ1v) is 11.5. The number of halogens is 3. The topological polar surface area (TPSA) is 53.4 Å². The molecular weight excluding hydrogens is 431 g/mol. The molecule has 0 fully saturated rings. The Morgan fingerprint density at radius 3 is 2.93 bits per heavy atom. The second-order valence-electron chi connectivity index (χ2n) is 7.33. The molecule has 0 saturated carbocycles. The minimum absolute atomic E-state index is 0.292. The van der Waals surface area contributed by atoms with Crippen LogP contribution in [0, 0.1) is 0 Å². The number of alkyl halides is 3. The molecule has 0 saturated heterocycles. The molecule has 0 atom stereocenters. The number of thioether (sulfide) groups is 1. The number of hydrogen-bond acceptors (Lipinski definition) is 7. The second-order valence-corrected chi connectivity index (χ2v) is 9.26. The average Bonchev–Trinajstić information content (AvgIpc) is 3.29. The summed E-state index contributed by atoms with van der Waals surface area (Å²) >= 11 is 3.11. The standard InChI is InChI=1S/C20H18F3N5S2/c1-29-15-5-12-7-24-6-11(12)4-14(15)27-18-17-13-2-3-28(9-20(21,22)23)8-16(13)30-19(17)26-10-25-18/h4-6,10H,2-3,7-9H2,1H3,(H,25,26,27). The van der Waals surface area contributed by atoms with Crippen LogP contribution in [0.2, 0.25) is 0 Å². The maximum Gasteiger partial charge on any atom is 0.401 e. The van der Waals surface area contributed by atoms with Crippen molar-refractivity contribution in [3.63, 3.8) is 0 Å². The summed E-state index contributed by atoms with van der Waals surface area (Å²) in [6, 6.07) is 4.22. The van der Waals surface area contributed by atoms with E-state index >= 15 is 0 Å². The minimum atomic E-state index is -4.19. The third kappa shape index (κ3) is 3.67. The van der Waals surface area contributed by atoms with E-state index in [2.05, 4.69) is 32.4 Å². The van der Waals surface area contributed by atoms with E-state index in [-0.39, 0.29) is 0 Å². The van der Waals surface area contributed by atoms with E-state index in [1.165, 1.54) is 28.1 Å². The summed E-state index contributed by atoms with van der Waals surface area (Å²) in [4.78, 5) is 17.5. The van der Waals surface area contributed by atoms with Crippen LogP contribution in [-0.4, -0.2) is 46.6 Å². The van der Waals surface area contributed by atoms with Crippen LogP contribution in [-0.2, 0) is 19.5 Å². The lowest BCUT2D eigenvalue weighted by Gasteiger charge is -2.27. The fourth-order valence-electron chi connectivity index (χ4n) is 4.00. The zero-order valence-electron chi connectivity index (χ0n) is 16.1. The zero-order chi connectivity index (χ0) is 20.9. The van der Waals surface area contributed by atoms with Crippen LogP contribution in [0.4, 0.5) is 24.7 Å². The van der Waals surface area contributed by atoms with Gasteiger partial charge in [-0.05, 0) is 41.5 Å². The number of nitrogens with zero attached hydrogens (tertiary/aromatic N) is 4. The van der Waals surface area contributed by atoms with E-state index in [1.807, 2.05) is 12.5 Å². The molecule has 0 aliphatic carbocycles. The van der Waals surface area contributed by atoms with E-state index in [4.69, 9.17) is 0 Å². The first kappa shape index (κ1) is 19.8. The van der Waals surface area contributed by atoms with Gasteiger partial charge in [0.05, 0.1) is 24.2 Å². The van der Waals surface area contributed by atoms with Gasteiger partial charge in [-0.15, -0.1) is 23.1 Å². The molecule has 5 rings (SSSR count). The smallest absolute Gasteiger partial charge is 0.339 e. The summed E-state index contributed by atoms with van der Waals surface area (Å²) in [5.74, 6) is 0.701. The van der Waals surface area contributed by atoms with E-state index in [9.17, 15) is 13.2 Å². The van der Waals surface area contributed by atoms with Crippen molar-refractivity contribution < 1.29 is 13.2 Å². The fraction of sp³-hybridized carbons (Fsp3) is 0.350. The van der Waals surface area contributed by atoms with Crippen LogP contribution < -0.4 is 5.32 Å². The number of thiophene rings is 1. The zero-order valence-corrected chi connectivity index (χ0v) is 17.7. The van der Waals surface area contributed by atoms with Crippen LogP contribution in [0.15, 0.2) is 28.3 Å². The number of nitrogens with one attached hydrogen (secondary N) is 1. The lowest BCUT2D eigenvalue weighted by molar-refractivity contribution is -0.147. The molecule has 0 bridgehead atoms. The molecule has 1 aromatic carbocycles. The first-order chi connectivity index (χ1) is 14.4. The summed E-state index contributed by atoms with van der Waals surface area (Å²) in [6.45, 7) is 0.483. The molecule has 0 unspecified atom stereocenters. The number of benzene rings is 1. The molecule has 2 aromatic heterocycles. The summed E-state index contributed by atoms with van der Waals surface area (Å²) < 4.78 is 38.4.